The Morgan fingerprint density at radius 1 is 0.972 bits per heavy atom. The molecule has 9 atom stereocenters. The van der Waals surface area contributed by atoms with Gasteiger partial charge in [-0.15, -0.1) is 0 Å². The Bertz CT molecular complexity index is 984. The maximum atomic E-state index is 11.9. The number of rotatable bonds is 6. The molecule has 6 unspecified atom stereocenters. The lowest BCUT2D eigenvalue weighted by atomic mass is 9.35. The molecule has 208 valence electrons. The molecule has 6 heteroatoms. The molecule has 0 bridgehead atoms. The van der Waals surface area contributed by atoms with Crippen LogP contribution in [0.2, 0.25) is 0 Å². The van der Waals surface area contributed by atoms with Crippen LogP contribution < -0.4 is 9.86 Å². The van der Waals surface area contributed by atoms with E-state index in [-0.39, 0.29) is 27.7 Å². The molecule has 0 aliphatic heterocycles. The van der Waals surface area contributed by atoms with E-state index in [2.05, 4.69) is 66.2 Å². The van der Waals surface area contributed by atoms with Gasteiger partial charge in [0.1, 0.15) is 0 Å². The lowest BCUT2D eigenvalue weighted by Crippen LogP contribution is -2.66. The molecule has 0 radical (unpaired) electrons. The summed E-state index contributed by atoms with van der Waals surface area (Å²) >= 11 is 0. The highest BCUT2D eigenvalue weighted by Gasteiger charge is 2.69. The van der Waals surface area contributed by atoms with Crippen LogP contribution in [-0.4, -0.2) is 25.2 Å². The van der Waals surface area contributed by atoms with E-state index in [1.165, 1.54) is 31.3 Å². The van der Waals surface area contributed by atoms with Crippen molar-refractivity contribution in [2.24, 2.45) is 50.5 Å². The van der Waals surface area contributed by atoms with Gasteiger partial charge < -0.3 is 5.11 Å². The Morgan fingerprint density at radius 3 is 2.22 bits per heavy atom. The molecule has 4 rings (SSSR count). The van der Waals surface area contributed by atoms with Gasteiger partial charge in [-0.25, -0.2) is 5.14 Å². The molecule has 4 fully saturated rings. The van der Waals surface area contributed by atoms with Gasteiger partial charge >= 0.3 is 0 Å². The third-order valence-corrected chi connectivity index (χ3v) is 13.4. The Labute approximate surface area is 221 Å². The Hall–Kier alpha value is -0.430. The molecule has 0 aromatic heterocycles. The Morgan fingerprint density at radius 2 is 1.61 bits per heavy atom. The van der Waals surface area contributed by atoms with Crippen LogP contribution >= 0.6 is 0 Å². The van der Waals surface area contributed by atoms with Gasteiger partial charge in [0.15, 0.2) is 0 Å². The highest BCUT2D eigenvalue weighted by molar-refractivity contribution is 7.87. The fourth-order valence-corrected chi connectivity index (χ4v) is 11.6. The van der Waals surface area contributed by atoms with Gasteiger partial charge in [-0.1, -0.05) is 46.3 Å². The lowest BCUT2D eigenvalue weighted by molar-refractivity contribution is -0.211. The largest absolute Gasteiger partial charge is 0.390 e. The van der Waals surface area contributed by atoms with Crippen LogP contribution in [0.4, 0.5) is 0 Å². The normalized spacial score (nSPS) is 45.7. The average molecular weight is 523 g/mol. The molecule has 4 saturated carbocycles. The van der Waals surface area contributed by atoms with E-state index in [4.69, 9.17) is 5.14 Å². The molecule has 0 heterocycles. The average Bonchev–Trinajstić information content (AvgIpc) is 3.08. The van der Waals surface area contributed by atoms with Crippen molar-refractivity contribution in [2.45, 2.75) is 131 Å². The van der Waals surface area contributed by atoms with Crippen LogP contribution in [0.5, 0.6) is 0 Å². The molecule has 0 amide bonds. The first kappa shape index (κ1) is 28.6. The second-order valence-corrected chi connectivity index (χ2v) is 16.4. The van der Waals surface area contributed by atoms with Crippen molar-refractivity contribution < 1.29 is 13.5 Å². The summed E-state index contributed by atoms with van der Waals surface area (Å²) < 4.78 is 26.6. The molecule has 36 heavy (non-hydrogen) atoms. The minimum Gasteiger partial charge on any atom is -0.390 e. The van der Waals surface area contributed by atoms with Gasteiger partial charge in [-0.05, 0) is 130 Å². The summed E-state index contributed by atoms with van der Waals surface area (Å²) in [6.07, 6.45) is 13.1. The van der Waals surface area contributed by atoms with Crippen molar-refractivity contribution in [1.29, 1.82) is 0 Å². The van der Waals surface area contributed by atoms with Crippen molar-refractivity contribution >= 4 is 10.2 Å². The highest BCUT2D eigenvalue weighted by atomic mass is 32.2. The smallest absolute Gasteiger partial charge is 0.274 e. The number of hydrogen-bond acceptors (Lipinski definition) is 3. The van der Waals surface area contributed by atoms with Crippen molar-refractivity contribution in [1.82, 2.24) is 4.72 Å². The summed E-state index contributed by atoms with van der Waals surface area (Å²) in [7, 11) is -3.72. The minimum atomic E-state index is -3.72. The van der Waals surface area contributed by atoms with E-state index in [1.807, 2.05) is 0 Å². The number of allylic oxidation sites excluding steroid dienone is 2. The Kier molecular flexibility index (Phi) is 7.19. The monoisotopic (exact) mass is 522 g/mol. The van der Waals surface area contributed by atoms with E-state index in [9.17, 15) is 13.5 Å². The quantitative estimate of drug-likeness (QED) is 0.356. The van der Waals surface area contributed by atoms with Gasteiger partial charge in [0, 0.05) is 6.04 Å². The van der Waals surface area contributed by atoms with E-state index in [1.54, 1.807) is 0 Å². The number of nitrogens with one attached hydrogen (secondary N) is 1. The molecule has 0 aromatic rings. The fourth-order valence-electron chi connectivity index (χ4n) is 10.7. The topological polar surface area (TPSA) is 92.4 Å². The van der Waals surface area contributed by atoms with Gasteiger partial charge in [0.05, 0.1) is 5.60 Å². The maximum Gasteiger partial charge on any atom is 0.274 e. The molecular weight excluding hydrogens is 468 g/mol. The van der Waals surface area contributed by atoms with Crippen molar-refractivity contribution in [2.75, 3.05) is 0 Å². The summed E-state index contributed by atoms with van der Waals surface area (Å²) in [6, 6.07) is -0.103. The van der Waals surface area contributed by atoms with Gasteiger partial charge in [-0.3, -0.25) is 0 Å². The number of aliphatic hydroxyl groups is 1. The van der Waals surface area contributed by atoms with Crippen molar-refractivity contribution in [3.8, 4) is 0 Å². The molecule has 5 nitrogen and oxygen atoms in total. The van der Waals surface area contributed by atoms with Crippen LogP contribution in [-0.2, 0) is 10.2 Å². The highest BCUT2D eigenvalue weighted by Crippen LogP contribution is 2.75. The van der Waals surface area contributed by atoms with Crippen LogP contribution in [0.25, 0.3) is 0 Å². The summed E-state index contributed by atoms with van der Waals surface area (Å²) in [5, 5.41) is 17.1. The zero-order valence-corrected chi connectivity index (χ0v) is 25.1. The summed E-state index contributed by atoms with van der Waals surface area (Å²) in [5.74, 6) is 2.06. The first-order chi connectivity index (χ1) is 16.4. The predicted octanol–water partition coefficient (Wildman–Crippen LogP) is 6.33. The van der Waals surface area contributed by atoms with Crippen molar-refractivity contribution in [3.05, 3.63) is 11.6 Å². The SMILES string of the molecule is CC(C)=CCCC(C)(O)C1CC[C@]2(C)C1CCC1[C@@]3(C)CCC(NS(N)(=O)=O)C(C)(C)C3CC[C@]12C. The summed E-state index contributed by atoms with van der Waals surface area (Å²) in [6.45, 7) is 18.6. The summed E-state index contributed by atoms with van der Waals surface area (Å²) in [4.78, 5) is 0. The van der Waals surface area contributed by atoms with E-state index >= 15 is 0 Å². The molecular formula is C30H54N2O3S. The fraction of sp³-hybridized carbons (Fsp3) is 0.933. The first-order valence-corrected chi connectivity index (χ1v) is 16.1. The van der Waals surface area contributed by atoms with Gasteiger partial charge in [0.25, 0.3) is 10.2 Å². The molecule has 4 N–H and O–H groups in total. The first-order valence-electron chi connectivity index (χ1n) is 14.5. The molecule has 0 spiro atoms. The molecule has 0 saturated heterocycles. The van der Waals surface area contributed by atoms with E-state index in [0.29, 0.717) is 23.7 Å². The summed E-state index contributed by atoms with van der Waals surface area (Å²) in [5.41, 5.74) is 1.28. The van der Waals surface area contributed by atoms with Crippen LogP contribution in [0.1, 0.15) is 120 Å². The van der Waals surface area contributed by atoms with Gasteiger partial charge in [0.2, 0.25) is 0 Å². The van der Waals surface area contributed by atoms with Crippen LogP contribution in [0.3, 0.4) is 0 Å². The third kappa shape index (κ3) is 4.44. The Balaban J connectivity index is 1.60. The number of fused-ring (bicyclic) bond motifs is 5. The van der Waals surface area contributed by atoms with E-state index in [0.717, 1.165) is 38.5 Å². The molecule has 4 aliphatic rings. The second-order valence-electron chi connectivity index (χ2n) is 15.1. The second kappa shape index (κ2) is 9.06. The maximum absolute atomic E-state index is 11.9. The standard InChI is InChI=1S/C30H54N2O3S/c1-20(2)10-9-16-30(8,33)22-13-18-28(6)21(22)11-12-24-27(5)17-15-25(32-36(31,34)35)26(3,4)23(27)14-19-29(24,28)7/h10,21-25,32-33H,9,11-19H2,1-8H3,(H2,31,34,35)/t21?,22?,23?,24?,25?,27-,28+,29+,30?/m0/s1. The van der Waals surface area contributed by atoms with Crippen LogP contribution in [0.15, 0.2) is 11.6 Å². The zero-order chi connectivity index (χ0) is 26.9. The molecule has 4 aliphatic carbocycles. The number of nitrogens with two attached hydrogens (primary N) is 1. The molecule has 0 aromatic carbocycles. The minimum absolute atomic E-state index is 0.103. The lowest BCUT2D eigenvalue weighted by Gasteiger charge is -2.70. The predicted molar refractivity (Wildman–Crippen MR) is 148 cm³/mol. The number of hydrogen-bond donors (Lipinski definition) is 3. The van der Waals surface area contributed by atoms with Crippen molar-refractivity contribution in [3.63, 3.8) is 0 Å². The zero-order valence-electron chi connectivity index (χ0n) is 24.3. The van der Waals surface area contributed by atoms with E-state index < -0.39 is 15.8 Å². The van der Waals surface area contributed by atoms with Gasteiger partial charge in [-0.2, -0.15) is 13.1 Å². The van der Waals surface area contributed by atoms with Crippen LogP contribution in [0, 0.1) is 45.3 Å². The third-order valence-electron chi connectivity index (χ3n) is 12.7.